The fourth-order valence-corrected chi connectivity index (χ4v) is 5.29. The maximum Gasteiger partial charge on any atom is 0.416 e. The minimum absolute atomic E-state index is 0.0953. The summed E-state index contributed by atoms with van der Waals surface area (Å²) >= 11 is 0. The zero-order valence-corrected chi connectivity index (χ0v) is 22.5. The van der Waals surface area contributed by atoms with Crippen LogP contribution in [-0.4, -0.2) is 31.8 Å². The molecule has 41 heavy (non-hydrogen) atoms. The fraction of sp³-hybridized carbons (Fsp3) is 0.138. The van der Waals surface area contributed by atoms with Gasteiger partial charge in [-0.05, 0) is 61.0 Å². The molecule has 0 aliphatic carbocycles. The third-order valence-electron chi connectivity index (χ3n) is 5.98. The van der Waals surface area contributed by atoms with E-state index in [2.05, 4.69) is 15.6 Å². The number of hydrogen-bond donors (Lipinski definition) is 2. The number of sulfonamides is 1. The molecule has 212 valence electrons. The summed E-state index contributed by atoms with van der Waals surface area (Å²) < 4.78 is 68.1. The highest BCUT2D eigenvalue weighted by Crippen LogP contribution is 2.33. The Morgan fingerprint density at radius 2 is 1.66 bits per heavy atom. The minimum atomic E-state index is -4.74. The number of aromatic nitrogens is 1. The maximum absolute atomic E-state index is 13.6. The second-order valence-corrected chi connectivity index (χ2v) is 10.9. The zero-order valence-electron chi connectivity index (χ0n) is 21.7. The molecule has 0 radical (unpaired) electrons. The number of pyridine rings is 1. The first-order valence-corrected chi connectivity index (χ1v) is 13.7. The number of anilines is 2. The molecule has 0 saturated carbocycles. The number of benzene rings is 3. The summed E-state index contributed by atoms with van der Waals surface area (Å²) in [6.07, 6.45) is -1.55. The number of carbonyl (C=O) groups excluding carboxylic acids is 2. The first-order chi connectivity index (χ1) is 19.4. The molecule has 0 bridgehead atoms. The summed E-state index contributed by atoms with van der Waals surface area (Å²) in [7, 11) is -4.47. The van der Waals surface area contributed by atoms with Crippen LogP contribution in [0.4, 0.5) is 24.5 Å². The molecule has 0 atom stereocenters. The van der Waals surface area contributed by atoms with Gasteiger partial charge in [0.1, 0.15) is 6.54 Å². The monoisotopic (exact) mass is 582 g/mol. The van der Waals surface area contributed by atoms with Gasteiger partial charge in [-0.3, -0.25) is 18.9 Å². The molecule has 2 amide bonds. The van der Waals surface area contributed by atoms with E-state index in [1.165, 1.54) is 42.5 Å². The van der Waals surface area contributed by atoms with Crippen LogP contribution in [0.25, 0.3) is 0 Å². The highest BCUT2D eigenvalue weighted by Gasteiger charge is 2.33. The van der Waals surface area contributed by atoms with Crippen LogP contribution in [0.3, 0.4) is 0 Å². The highest BCUT2D eigenvalue weighted by atomic mass is 32.2. The Labute approximate surface area is 234 Å². The van der Waals surface area contributed by atoms with Crippen molar-refractivity contribution in [1.82, 2.24) is 10.3 Å². The molecule has 12 heteroatoms. The molecule has 1 heterocycles. The van der Waals surface area contributed by atoms with Crippen LogP contribution >= 0.6 is 0 Å². The van der Waals surface area contributed by atoms with Crippen molar-refractivity contribution >= 4 is 33.2 Å². The second kappa shape index (κ2) is 12.2. The summed E-state index contributed by atoms with van der Waals surface area (Å²) in [5.74, 6) is -1.38. The Hall–Kier alpha value is -4.71. The van der Waals surface area contributed by atoms with Crippen molar-refractivity contribution in [3.63, 3.8) is 0 Å². The van der Waals surface area contributed by atoms with Crippen molar-refractivity contribution in [3.05, 3.63) is 120 Å². The van der Waals surface area contributed by atoms with Gasteiger partial charge >= 0.3 is 6.18 Å². The number of aryl methyl sites for hydroxylation is 1. The van der Waals surface area contributed by atoms with Crippen LogP contribution in [0.2, 0.25) is 0 Å². The Kier molecular flexibility index (Phi) is 8.72. The predicted molar refractivity (Wildman–Crippen MR) is 148 cm³/mol. The van der Waals surface area contributed by atoms with Gasteiger partial charge in [0.15, 0.2) is 0 Å². The quantitative estimate of drug-likeness (QED) is 0.283. The average molecular weight is 583 g/mol. The standard InChI is InChI=1S/C29H25F3N4O4S/c1-20-11-13-24(14-12-20)41(39,40)36(23-8-4-7-22(16-23)29(30,31)32)19-27(37)35-26-10-3-2-9-25(26)28(38)34-18-21-6-5-15-33-17-21/h2-17H,18-19H2,1H3,(H,34,38)(H,35,37). The molecule has 2 N–H and O–H groups in total. The van der Waals surface area contributed by atoms with Gasteiger partial charge in [0.05, 0.1) is 27.4 Å². The van der Waals surface area contributed by atoms with Crippen LogP contribution in [0.15, 0.2) is 102 Å². The largest absolute Gasteiger partial charge is 0.416 e. The van der Waals surface area contributed by atoms with Gasteiger partial charge in [0.25, 0.3) is 15.9 Å². The van der Waals surface area contributed by atoms with E-state index in [0.29, 0.717) is 10.4 Å². The third kappa shape index (κ3) is 7.28. The minimum Gasteiger partial charge on any atom is -0.348 e. The zero-order chi connectivity index (χ0) is 29.6. The summed E-state index contributed by atoms with van der Waals surface area (Å²) in [4.78, 5) is 29.8. The van der Waals surface area contributed by atoms with Gasteiger partial charge < -0.3 is 10.6 Å². The SMILES string of the molecule is Cc1ccc(S(=O)(=O)N(CC(=O)Nc2ccccc2C(=O)NCc2cccnc2)c2cccc(C(F)(F)F)c2)cc1. The molecule has 1 aromatic heterocycles. The molecule has 0 fully saturated rings. The molecule has 4 aromatic rings. The lowest BCUT2D eigenvalue weighted by atomic mass is 10.1. The van der Waals surface area contributed by atoms with Crippen LogP contribution in [-0.2, 0) is 27.5 Å². The Morgan fingerprint density at radius 1 is 0.927 bits per heavy atom. The van der Waals surface area contributed by atoms with E-state index in [0.717, 1.165) is 23.3 Å². The molecule has 4 rings (SSSR count). The molecule has 0 spiro atoms. The van der Waals surface area contributed by atoms with Crippen LogP contribution in [0.1, 0.15) is 27.0 Å². The smallest absolute Gasteiger partial charge is 0.348 e. The normalized spacial score (nSPS) is 11.5. The van der Waals surface area contributed by atoms with Crippen LogP contribution < -0.4 is 14.9 Å². The van der Waals surface area contributed by atoms with Crippen molar-refractivity contribution in [2.75, 3.05) is 16.2 Å². The van der Waals surface area contributed by atoms with E-state index in [-0.39, 0.29) is 28.4 Å². The van der Waals surface area contributed by atoms with E-state index < -0.39 is 40.1 Å². The van der Waals surface area contributed by atoms with Gasteiger partial charge in [-0.25, -0.2) is 8.42 Å². The third-order valence-corrected chi connectivity index (χ3v) is 7.77. The molecular weight excluding hydrogens is 557 g/mol. The Balaban J connectivity index is 1.61. The van der Waals surface area contributed by atoms with E-state index in [1.54, 1.807) is 43.6 Å². The van der Waals surface area contributed by atoms with Crippen molar-refractivity contribution in [3.8, 4) is 0 Å². The van der Waals surface area contributed by atoms with E-state index in [9.17, 15) is 31.2 Å². The van der Waals surface area contributed by atoms with Gasteiger partial charge in [-0.2, -0.15) is 13.2 Å². The predicted octanol–water partition coefficient (Wildman–Crippen LogP) is 5.17. The summed E-state index contributed by atoms with van der Waals surface area (Å²) in [5.41, 5.74) is 0.300. The topological polar surface area (TPSA) is 108 Å². The maximum atomic E-state index is 13.6. The van der Waals surface area contributed by atoms with Gasteiger partial charge in [-0.1, -0.05) is 42.0 Å². The van der Waals surface area contributed by atoms with E-state index in [1.807, 2.05) is 0 Å². The first-order valence-electron chi connectivity index (χ1n) is 12.3. The number of alkyl halides is 3. The number of amides is 2. The van der Waals surface area contributed by atoms with E-state index >= 15 is 0 Å². The average Bonchev–Trinajstić information content (AvgIpc) is 2.95. The molecule has 0 aliphatic heterocycles. The second-order valence-electron chi connectivity index (χ2n) is 9.01. The summed E-state index contributed by atoms with van der Waals surface area (Å²) in [6.45, 7) is 1.06. The van der Waals surface area contributed by atoms with Gasteiger partial charge in [0, 0.05) is 18.9 Å². The van der Waals surface area contributed by atoms with E-state index in [4.69, 9.17) is 0 Å². The molecule has 0 unspecified atom stereocenters. The van der Waals surface area contributed by atoms with Gasteiger partial charge in [0.2, 0.25) is 5.91 Å². The number of hydrogen-bond acceptors (Lipinski definition) is 5. The van der Waals surface area contributed by atoms with Crippen LogP contribution in [0.5, 0.6) is 0 Å². The molecular formula is C29H25F3N4O4S. The highest BCUT2D eigenvalue weighted by molar-refractivity contribution is 7.92. The van der Waals surface area contributed by atoms with Crippen LogP contribution in [0, 0.1) is 6.92 Å². The summed E-state index contributed by atoms with van der Waals surface area (Å²) in [5, 5.41) is 5.25. The molecule has 3 aromatic carbocycles. The lowest BCUT2D eigenvalue weighted by molar-refractivity contribution is -0.137. The number of rotatable bonds is 9. The lowest BCUT2D eigenvalue weighted by Gasteiger charge is -2.25. The van der Waals surface area contributed by atoms with Crippen molar-refractivity contribution in [2.24, 2.45) is 0 Å². The number of para-hydroxylation sites is 1. The number of nitrogens with zero attached hydrogens (tertiary/aromatic N) is 2. The van der Waals surface area contributed by atoms with Crippen molar-refractivity contribution in [1.29, 1.82) is 0 Å². The molecule has 0 aliphatic rings. The number of halogens is 3. The van der Waals surface area contributed by atoms with Crippen molar-refractivity contribution in [2.45, 2.75) is 24.5 Å². The number of nitrogens with one attached hydrogen (secondary N) is 2. The van der Waals surface area contributed by atoms with Gasteiger partial charge in [-0.15, -0.1) is 0 Å². The first kappa shape index (κ1) is 29.3. The molecule has 0 saturated heterocycles. The molecule has 8 nitrogen and oxygen atoms in total. The lowest BCUT2D eigenvalue weighted by Crippen LogP contribution is -2.38. The Bertz CT molecular complexity index is 1640. The Morgan fingerprint density at radius 3 is 2.34 bits per heavy atom. The summed E-state index contributed by atoms with van der Waals surface area (Å²) in [6, 6.07) is 19.0. The van der Waals surface area contributed by atoms with Crippen molar-refractivity contribution < 1.29 is 31.2 Å². The number of carbonyl (C=O) groups is 2. The fourth-order valence-electron chi connectivity index (χ4n) is 3.88.